The number of benzene rings is 1. The average molecular weight is 368 g/mol. The SMILES string of the molecule is CN=C(NCC(c1cnn(C)c1)N(C)C)NC(C)c1cc2ccccc2o1. The maximum atomic E-state index is 5.95. The molecule has 0 radical (unpaired) electrons. The van der Waals surface area contributed by atoms with Gasteiger partial charge in [-0.1, -0.05) is 18.2 Å². The van der Waals surface area contributed by atoms with Crippen LogP contribution in [0.15, 0.2) is 52.1 Å². The van der Waals surface area contributed by atoms with E-state index in [1.54, 1.807) is 7.05 Å². The normalized spacial score (nSPS) is 14.5. The Morgan fingerprint density at radius 1 is 1.33 bits per heavy atom. The van der Waals surface area contributed by atoms with Gasteiger partial charge < -0.3 is 20.0 Å². The van der Waals surface area contributed by atoms with Gasteiger partial charge in [0.25, 0.3) is 0 Å². The van der Waals surface area contributed by atoms with Crippen LogP contribution in [-0.4, -0.2) is 48.3 Å². The lowest BCUT2D eigenvalue weighted by Crippen LogP contribution is -2.42. The van der Waals surface area contributed by atoms with E-state index >= 15 is 0 Å². The Labute approximate surface area is 160 Å². The number of nitrogens with zero attached hydrogens (tertiary/aromatic N) is 4. The van der Waals surface area contributed by atoms with E-state index in [4.69, 9.17) is 4.42 Å². The molecule has 2 unspecified atom stereocenters. The second-order valence-electron chi connectivity index (χ2n) is 6.93. The highest BCUT2D eigenvalue weighted by Crippen LogP contribution is 2.23. The molecule has 1 aromatic carbocycles. The summed E-state index contributed by atoms with van der Waals surface area (Å²) in [4.78, 5) is 6.52. The zero-order chi connectivity index (χ0) is 19.4. The number of para-hydroxylation sites is 1. The number of hydrogen-bond acceptors (Lipinski definition) is 4. The molecular formula is C20H28N6O. The van der Waals surface area contributed by atoms with Crippen molar-refractivity contribution in [3.63, 3.8) is 0 Å². The summed E-state index contributed by atoms with van der Waals surface area (Å²) in [6.07, 6.45) is 3.94. The van der Waals surface area contributed by atoms with Crippen molar-refractivity contribution in [2.45, 2.75) is 19.0 Å². The number of nitrogens with one attached hydrogen (secondary N) is 2. The highest BCUT2D eigenvalue weighted by molar-refractivity contribution is 5.81. The minimum atomic E-state index is -0.000187. The molecule has 0 saturated heterocycles. The molecule has 2 atom stereocenters. The van der Waals surface area contributed by atoms with Crippen molar-refractivity contribution < 1.29 is 4.42 Å². The monoisotopic (exact) mass is 368 g/mol. The van der Waals surface area contributed by atoms with Gasteiger partial charge in [0, 0.05) is 37.8 Å². The molecular weight excluding hydrogens is 340 g/mol. The highest BCUT2D eigenvalue weighted by Gasteiger charge is 2.18. The van der Waals surface area contributed by atoms with Crippen molar-refractivity contribution in [1.82, 2.24) is 25.3 Å². The number of furan rings is 1. The number of rotatable bonds is 6. The average Bonchev–Trinajstić information content (AvgIpc) is 3.26. The van der Waals surface area contributed by atoms with Gasteiger partial charge in [0.15, 0.2) is 5.96 Å². The second-order valence-corrected chi connectivity index (χ2v) is 6.93. The maximum absolute atomic E-state index is 5.95. The predicted octanol–water partition coefficient (Wildman–Crippen LogP) is 2.70. The van der Waals surface area contributed by atoms with E-state index in [2.05, 4.69) is 58.8 Å². The molecule has 0 fully saturated rings. The largest absolute Gasteiger partial charge is 0.459 e. The van der Waals surface area contributed by atoms with Crippen LogP contribution in [0.1, 0.15) is 30.3 Å². The van der Waals surface area contributed by atoms with Crippen LogP contribution in [0.5, 0.6) is 0 Å². The van der Waals surface area contributed by atoms with Crippen LogP contribution in [-0.2, 0) is 7.05 Å². The van der Waals surface area contributed by atoms with Gasteiger partial charge in [-0.05, 0) is 33.2 Å². The summed E-state index contributed by atoms with van der Waals surface area (Å²) in [6, 6.07) is 10.3. The van der Waals surface area contributed by atoms with Gasteiger partial charge in [-0.2, -0.15) is 5.10 Å². The third kappa shape index (κ3) is 4.49. The van der Waals surface area contributed by atoms with Crippen molar-refractivity contribution in [2.75, 3.05) is 27.7 Å². The second kappa shape index (κ2) is 8.26. The van der Waals surface area contributed by atoms with Crippen LogP contribution in [0.3, 0.4) is 0 Å². The smallest absolute Gasteiger partial charge is 0.191 e. The number of guanidine groups is 1. The Hall–Kier alpha value is -2.80. The first kappa shape index (κ1) is 19.0. The maximum Gasteiger partial charge on any atom is 0.191 e. The van der Waals surface area contributed by atoms with Crippen molar-refractivity contribution in [2.24, 2.45) is 12.0 Å². The summed E-state index contributed by atoms with van der Waals surface area (Å²) >= 11 is 0. The third-order valence-electron chi connectivity index (χ3n) is 4.64. The molecule has 2 aromatic heterocycles. The number of aromatic nitrogens is 2. The van der Waals surface area contributed by atoms with Gasteiger partial charge in [0.2, 0.25) is 0 Å². The summed E-state index contributed by atoms with van der Waals surface area (Å²) in [6.45, 7) is 2.78. The first-order valence-electron chi connectivity index (χ1n) is 9.08. The van der Waals surface area contributed by atoms with Crippen molar-refractivity contribution in [1.29, 1.82) is 0 Å². The zero-order valence-electron chi connectivity index (χ0n) is 16.6. The van der Waals surface area contributed by atoms with Crippen molar-refractivity contribution >= 4 is 16.9 Å². The number of aryl methyl sites for hydroxylation is 1. The highest BCUT2D eigenvalue weighted by atomic mass is 16.3. The van der Waals surface area contributed by atoms with E-state index in [1.807, 2.05) is 42.3 Å². The van der Waals surface area contributed by atoms with Gasteiger partial charge in [0.1, 0.15) is 11.3 Å². The molecule has 27 heavy (non-hydrogen) atoms. The summed E-state index contributed by atoms with van der Waals surface area (Å²) in [7, 11) is 7.83. The fraction of sp³-hybridized carbons (Fsp3) is 0.400. The number of hydrogen-bond donors (Lipinski definition) is 2. The third-order valence-corrected chi connectivity index (χ3v) is 4.64. The van der Waals surface area contributed by atoms with E-state index in [0.29, 0.717) is 6.54 Å². The summed E-state index contributed by atoms with van der Waals surface area (Å²) in [5.74, 6) is 1.62. The minimum Gasteiger partial charge on any atom is -0.459 e. The van der Waals surface area contributed by atoms with Crippen LogP contribution in [0.2, 0.25) is 0 Å². The fourth-order valence-corrected chi connectivity index (χ4v) is 3.09. The molecule has 0 aliphatic carbocycles. The number of fused-ring (bicyclic) bond motifs is 1. The van der Waals surface area contributed by atoms with Crippen LogP contribution in [0, 0.1) is 0 Å². The summed E-state index contributed by atoms with van der Waals surface area (Å²) in [5.41, 5.74) is 2.06. The standard InChI is InChI=1S/C20H28N6O/c1-14(19-10-15-8-6-7-9-18(15)27-19)24-20(21-2)22-12-17(25(3)4)16-11-23-26(5)13-16/h6-11,13-14,17H,12H2,1-5H3,(H2,21,22,24). The minimum absolute atomic E-state index is 0.000187. The van der Waals surface area contributed by atoms with E-state index < -0.39 is 0 Å². The Kier molecular flexibility index (Phi) is 5.81. The molecule has 0 spiro atoms. The zero-order valence-corrected chi connectivity index (χ0v) is 16.6. The van der Waals surface area contributed by atoms with E-state index in [1.165, 1.54) is 0 Å². The quantitative estimate of drug-likeness (QED) is 0.517. The molecule has 0 aliphatic heterocycles. The van der Waals surface area contributed by atoms with E-state index in [9.17, 15) is 0 Å². The molecule has 2 heterocycles. The Morgan fingerprint density at radius 3 is 2.74 bits per heavy atom. The van der Waals surface area contributed by atoms with E-state index in [-0.39, 0.29) is 12.1 Å². The lowest BCUT2D eigenvalue weighted by molar-refractivity contribution is 0.297. The van der Waals surface area contributed by atoms with Gasteiger partial charge in [-0.25, -0.2) is 0 Å². The number of aliphatic imine (C=N–C) groups is 1. The fourth-order valence-electron chi connectivity index (χ4n) is 3.09. The van der Waals surface area contributed by atoms with Crippen LogP contribution >= 0.6 is 0 Å². The Balaban J connectivity index is 1.64. The molecule has 7 heteroatoms. The molecule has 0 amide bonds. The summed E-state index contributed by atoms with van der Waals surface area (Å²) in [5, 5.41) is 12.2. The summed E-state index contributed by atoms with van der Waals surface area (Å²) < 4.78 is 7.77. The van der Waals surface area contributed by atoms with Crippen molar-refractivity contribution in [3.05, 3.63) is 54.0 Å². The molecule has 144 valence electrons. The van der Waals surface area contributed by atoms with E-state index in [0.717, 1.165) is 28.3 Å². The Bertz CT molecular complexity index is 877. The van der Waals surface area contributed by atoms with Gasteiger partial charge in [0.05, 0.1) is 18.3 Å². The molecule has 3 aromatic rings. The lowest BCUT2D eigenvalue weighted by atomic mass is 10.1. The number of likely N-dealkylation sites (N-methyl/N-ethyl adjacent to an activating group) is 1. The van der Waals surface area contributed by atoms with Gasteiger partial charge >= 0.3 is 0 Å². The first-order chi connectivity index (χ1) is 13.0. The molecule has 0 bridgehead atoms. The van der Waals surface area contributed by atoms with Gasteiger partial charge in [-0.15, -0.1) is 0 Å². The lowest BCUT2D eigenvalue weighted by Gasteiger charge is -2.25. The van der Waals surface area contributed by atoms with Crippen LogP contribution < -0.4 is 10.6 Å². The topological polar surface area (TPSA) is 70.6 Å². The molecule has 0 saturated carbocycles. The van der Waals surface area contributed by atoms with Crippen LogP contribution in [0.25, 0.3) is 11.0 Å². The molecule has 0 aliphatic rings. The molecule has 2 N–H and O–H groups in total. The molecule has 7 nitrogen and oxygen atoms in total. The van der Waals surface area contributed by atoms with Gasteiger partial charge in [-0.3, -0.25) is 9.67 Å². The van der Waals surface area contributed by atoms with Crippen LogP contribution in [0.4, 0.5) is 0 Å². The first-order valence-corrected chi connectivity index (χ1v) is 9.08. The molecule has 3 rings (SSSR count). The van der Waals surface area contributed by atoms with Crippen molar-refractivity contribution in [3.8, 4) is 0 Å². The predicted molar refractivity (Wildman–Crippen MR) is 109 cm³/mol. The Morgan fingerprint density at radius 2 is 2.11 bits per heavy atom.